The van der Waals surface area contributed by atoms with Crippen molar-refractivity contribution in [3.05, 3.63) is 29.8 Å². The van der Waals surface area contributed by atoms with E-state index in [9.17, 15) is 0 Å². The van der Waals surface area contributed by atoms with Crippen molar-refractivity contribution in [2.45, 2.75) is 25.8 Å². The van der Waals surface area contributed by atoms with Crippen LogP contribution in [0.4, 0.5) is 5.69 Å². The molecule has 1 unspecified atom stereocenters. The Balaban J connectivity index is 0.00000112. The molecule has 16 heavy (non-hydrogen) atoms. The lowest BCUT2D eigenvalue weighted by Gasteiger charge is -2.13. The van der Waals surface area contributed by atoms with Crippen molar-refractivity contribution < 1.29 is 0 Å². The van der Waals surface area contributed by atoms with Crippen LogP contribution in [0.3, 0.4) is 0 Å². The molecule has 1 fully saturated rings. The molecule has 1 heterocycles. The van der Waals surface area contributed by atoms with Crippen LogP contribution in [0, 0.1) is 0 Å². The number of hydrogen-bond acceptors (Lipinski definition) is 2. The lowest BCUT2D eigenvalue weighted by Crippen LogP contribution is -2.22. The van der Waals surface area contributed by atoms with Crippen LogP contribution in [0.5, 0.6) is 0 Å². The summed E-state index contributed by atoms with van der Waals surface area (Å²) in [4.78, 5) is 0. The monoisotopic (exact) mass is 262 g/mol. The third kappa shape index (κ3) is 4.20. The molecule has 0 amide bonds. The molecule has 1 atom stereocenters. The molecule has 2 rings (SSSR count). The molecule has 92 valence electrons. The van der Waals surface area contributed by atoms with Crippen molar-refractivity contribution in [3.63, 3.8) is 0 Å². The van der Waals surface area contributed by atoms with E-state index in [1.807, 2.05) is 0 Å². The molecule has 1 aromatic rings. The van der Waals surface area contributed by atoms with Crippen molar-refractivity contribution >= 4 is 30.5 Å². The average molecular weight is 263 g/mol. The van der Waals surface area contributed by atoms with Crippen molar-refractivity contribution in [2.75, 3.05) is 18.4 Å². The van der Waals surface area contributed by atoms with Gasteiger partial charge in [0.25, 0.3) is 0 Å². The fourth-order valence-corrected chi connectivity index (χ4v) is 1.89. The van der Waals surface area contributed by atoms with Gasteiger partial charge >= 0.3 is 0 Å². The molecule has 1 aromatic carbocycles. The zero-order valence-corrected chi connectivity index (χ0v) is 11.2. The molecule has 1 aliphatic rings. The van der Waals surface area contributed by atoms with Crippen LogP contribution in [0.1, 0.15) is 18.9 Å². The number of anilines is 1. The molecule has 4 heteroatoms. The summed E-state index contributed by atoms with van der Waals surface area (Å²) in [5, 5.41) is 6.91. The summed E-state index contributed by atoms with van der Waals surface area (Å²) in [5.74, 6) is 0. The maximum absolute atomic E-state index is 3.55. The minimum Gasteiger partial charge on any atom is -0.381 e. The number of hydrogen-bond donors (Lipinski definition) is 2. The summed E-state index contributed by atoms with van der Waals surface area (Å²) in [6.45, 7) is 4.43. The fourth-order valence-electron chi connectivity index (χ4n) is 1.89. The summed E-state index contributed by atoms with van der Waals surface area (Å²) in [6, 6.07) is 9.32. The van der Waals surface area contributed by atoms with Crippen molar-refractivity contribution in [1.82, 2.24) is 5.32 Å². The van der Waals surface area contributed by atoms with Gasteiger partial charge in [-0.2, -0.15) is 0 Å². The number of nitrogens with one attached hydrogen (secondary N) is 2. The first kappa shape index (κ1) is 15.6. The lowest BCUT2D eigenvalue weighted by atomic mass is 10.1. The molecule has 0 spiro atoms. The first-order valence-corrected chi connectivity index (χ1v) is 5.44. The fraction of sp³-hybridized carbons (Fsp3) is 0.500. The number of rotatable bonds is 3. The summed E-state index contributed by atoms with van der Waals surface area (Å²) in [6.07, 6.45) is 2.34. The Morgan fingerprint density at radius 2 is 2.19 bits per heavy atom. The van der Waals surface area contributed by atoms with Gasteiger partial charge in [-0.05, 0) is 37.1 Å². The Morgan fingerprint density at radius 3 is 2.81 bits per heavy atom. The molecule has 0 radical (unpaired) electrons. The van der Waals surface area contributed by atoms with E-state index in [1.165, 1.54) is 17.7 Å². The van der Waals surface area contributed by atoms with Gasteiger partial charge in [0.15, 0.2) is 0 Å². The summed E-state index contributed by atoms with van der Waals surface area (Å²) < 4.78 is 0. The Bertz CT molecular complexity index is 299. The van der Waals surface area contributed by atoms with Crippen LogP contribution < -0.4 is 10.6 Å². The number of aryl methyl sites for hydroxylation is 1. The predicted octanol–water partition coefficient (Wildman–Crippen LogP) is 2.87. The van der Waals surface area contributed by atoms with Gasteiger partial charge in [-0.25, -0.2) is 0 Å². The van der Waals surface area contributed by atoms with E-state index in [0.717, 1.165) is 19.5 Å². The Hall–Kier alpha value is -0.440. The number of benzene rings is 1. The third-order valence-corrected chi connectivity index (χ3v) is 2.77. The molecule has 1 saturated heterocycles. The molecule has 0 aliphatic carbocycles. The van der Waals surface area contributed by atoms with Crippen LogP contribution in [-0.2, 0) is 6.42 Å². The molecule has 1 aliphatic heterocycles. The molecule has 2 nitrogen and oxygen atoms in total. The van der Waals surface area contributed by atoms with Crippen molar-refractivity contribution in [2.24, 2.45) is 0 Å². The van der Waals surface area contributed by atoms with Crippen LogP contribution in [0.15, 0.2) is 24.3 Å². The van der Waals surface area contributed by atoms with E-state index in [1.54, 1.807) is 0 Å². The molecule has 0 aromatic heterocycles. The highest BCUT2D eigenvalue weighted by molar-refractivity contribution is 5.85. The Kier molecular flexibility index (Phi) is 7.56. The Labute approximate surface area is 110 Å². The second-order valence-corrected chi connectivity index (χ2v) is 3.89. The van der Waals surface area contributed by atoms with Gasteiger partial charge in [0.2, 0.25) is 0 Å². The van der Waals surface area contributed by atoms with Crippen molar-refractivity contribution in [1.29, 1.82) is 0 Å². The van der Waals surface area contributed by atoms with E-state index in [4.69, 9.17) is 0 Å². The van der Waals surface area contributed by atoms with Gasteiger partial charge in [-0.3, -0.25) is 0 Å². The van der Waals surface area contributed by atoms with E-state index >= 15 is 0 Å². The average Bonchev–Trinajstić information content (AvgIpc) is 2.71. The van der Waals surface area contributed by atoms with Gasteiger partial charge in [-0.1, -0.05) is 19.1 Å². The maximum atomic E-state index is 3.55. The highest BCUT2D eigenvalue weighted by atomic mass is 35.5. The van der Waals surface area contributed by atoms with Crippen LogP contribution in [-0.4, -0.2) is 19.1 Å². The summed E-state index contributed by atoms with van der Waals surface area (Å²) in [7, 11) is 0. The quantitative estimate of drug-likeness (QED) is 0.876. The van der Waals surface area contributed by atoms with Gasteiger partial charge in [0.05, 0.1) is 0 Å². The minimum atomic E-state index is 0. The van der Waals surface area contributed by atoms with Crippen LogP contribution in [0.2, 0.25) is 0 Å². The van der Waals surface area contributed by atoms with E-state index < -0.39 is 0 Å². The standard InChI is InChI=1S/C12H18N2.2ClH/c1-2-10-4-3-5-11(8-10)14-12-6-7-13-9-12;;/h3-5,8,12-14H,2,6-7,9H2,1H3;2*1H. The second kappa shape index (κ2) is 7.77. The van der Waals surface area contributed by atoms with Gasteiger partial charge < -0.3 is 10.6 Å². The summed E-state index contributed by atoms with van der Waals surface area (Å²) >= 11 is 0. The van der Waals surface area contributed by atoms with Gasteiger partial charge in [0.1, 0.15) is 0 Å². The normalized spacial score (nSPS) is 18.4. The van der Waals surface area contributed by atoms with E-state index in [2.05, 4.69) is 41.8 Å². The maximum Gasteiger partial charge on any atom is 0.0398 e. The van der Waals surface area contributed by atoms with Gasteiger partial charge in [0, 0.05) is 18.3 Å². The SMILES string of the molecule is CCc1cccc(NC2CCNC2)c1.Cl.Cl. The molecule has 0 saturated carbocycles. The molecule has 2 N–H and O–H groups in total. The zero-order valence-electron chi connectivity index (χ0n) is 9.53. The minimum absolute atomic E-state index is 0. The molecular formula is C12H20Cl2N2. The van der Waals surface area contributed by atoms with Crippen LogP contribution in [0.25, 0.3) is 0 Å². The topological polar surface area (TPSA) is 24.1 Å². The Morgan fingerprint density at radius 1 is 1.38 bits per heavy atom. The smallest absolute Gasteiger partial charge is 0.0398 e. The highest BCUT2D eigenvalue weighted by Crippen LogP contribution is 2.14. The highest BCUT2D eigenvalue weighted by Gasteiger charge is 2.13. The van der Waals surface area contributed by atoms with Gasteiger partial charge in [-0.15, -0.1) is 24.8 Å². The zero-order chi connectivity index (χ0) is 9.80. The van der Waals surface area contributed by atoms with Crippen LogP contribution >= 0.6 is 24.8 Å². The summed E-state index contributed by atoms with van der Waals surface area (Å²) in [5.41, 5.74) is 2.67. The van der Waals surface area contributed by atoms with E-state index in [-0.39, 0.29) is 24.8 Å². The lowest BCUT2D eigenvalue weighted by molar-refractivity contribution is 0.793. The number of halogens is 2. The molecule has 0 bridgehead atoms. The second-order valence-electron chi connectivity index (χ2n) is 3.89. The van der Waals surface area contributed by atoms with E-state index in [0.29, 0.717) is 6.04 Å². The molecular weight excluding hydrogens is 243 g/mol. The first-order valence-electron chi connectivity index (χ1n) is 5.44. The largest absolute Gasteiger partial charge is 0.381 e. The third-order valence-electron chi connectivity index (χ3n) is 2.77. The predicted molar refractivity (Wildman–Crippen MR) is 75.2 cm³/mol. The first-order chi connectivity index (χ1) is 6.88. The van der Waals surface area contributed by atoms with Crippen molar-refractivity contribution in [3.8, 4) is 0 Å².